The van der Waals surface area contributed by atoms with Crippen molar-refractivity contribution in [1.29, 1.82) is 0 Å². The second-order valence-corrected chi connectivity index (χ2v) is 7.07. The number of hydrogen-bond acceptors (Lipinski definition) is 6. The molecule has 0 radical (unpaired) electrons. The zero-order valence-electron chi connectivity index (χ0n) is 14.5. The Hall–Kier alpha value is -1.22. The molecule has 1 aromatic rings. The molecule has 0 aliphatic carbocycles. The van der Waals surface area contributed by atoms with Gasteiger partial charge in [0.05, 0.1) is 24.3 Å². The smallest absolute Gasteiger partial charge is 0.232 e. The van der Waals surface area contributed by atoms with Crippen molar-refractivity contribution in [2.75, 3.05) is 63.3 Å². The Bertz CT molecular complexity index is 551. The first-order chi connectivity index (χ1) is 11.7. The van der Waals surface area contributed by atoms with Gasteiger partial charge in [0.1, 0.15) is 0 Å². The number of piperazine rings is 1. The zero-order valence-corrected chi connectivity index (χ0v) is 16.9. The van der Waals surface area contributed by atoms with Gasteiger partial charge in [-0.2, -0.15) is 16.7 Å². The Labute approximate surface area is 156 Å². The molecular weight excluding hydrogens is 392 g/mol. The average Bonchev–Trinajstić information content (AvgIpc) is 2.62. The Kier molecular flexibility index (Phi) is 7.90. The fourth-order valence-corrected chi connectivity index (χ4v) is 3.05. The normalized spacial score (nSPS) is 15.6. The van der Waals surface area contributed by atoms with Gasteiger partial charge >= 0.3 is 0 Å². The zero-order chi connectivity index (χ0) is 17.4. The highest BCUT2D eigenvalue weighted by atomic mass is 79.9. The first kappa shape index (κ1) is 19.1. The van der Waals surface area contributed by atoms with Crippen molar-refractivity contribution in [2.45, 2.75) is 6.92 Å². The first-order valence-electron chi connectivity index (χ1n) is 8.03. The third kappa shape index (κ3) is 5.14. The minimum atomic E-state index is 0.564. The van der Waals surface area contributed by atoms with Gasteiger partial charge in [0.25, 0.3) is 0 Å². The van der Waals surface area contributed by atoms with Gasteiger partial charge in [-0.3, -0.25) is 4.99 Å². The van der Waals surface area contributed by atoms with E-state index in [0.717, 1.165) is 55.5 Å². The summed E-state index contributed by atoms with van der Waals surface area (Å²) < 4.78 is 6.02. The topological polar surface area (TPSA) is 65.9 Å². The number of thioether (sulfide) groups is 1. The van der Waals surface area contributed by atoms with E-state index >= 15 is 0 Å². The minimum absolute atomic E-state index is 0.564. The predicted octanol–water partition coefficient (Wildman–Crippen LogP) is 1.70. The van der Waals surface area contributed by atoms with E-state index in [-0.39, 0.29) is 0 Å². The van der Waals surface area contributed by atoms with Crippen LogP contribution in [0.2, 0.25) is 0 Å². The molecule has 24 heavy (non-hydrogen) atoms. The summed E-state index contributed by atoms with van der Waals surface area (Å²) in [6.07, 6.45) is 3.84. The van der Waals surface area contributed by atoms with Gasteiger partial charge in [-0.05, 0) is 29.1 Å². The van der Waals surface area contributed by atoms with Crippen LogP contribution < -0.4 is 15.0 Å². The molecule has 0 unspecified atom stereocenters. The van der Waals surface area contributed by atoms with Gasteiger partial charge in [-0.25, -0.2) is 4.98 Å². The summed E-state index contributed by atoms with van der Waals surface area (Å²) in [5, 5.41) is 3.38. The van der Waals surface area contributed by atoms with Crippen molar-refractivity contribution >= 4 is 39.6 Å². The fraction of sp³-hybridized carbons (Fsp3) is 0.667. The van der Waals surface area contributed by atoms with Crippen LogP contribution in [0.3, 0.4) is 0 Å². The third-order valence-corrected chi connectivity index (χ3v) is 4.78. The van der Waals surface area contributed by atoms with Crippen molar-refractivity contribution in [3.05, 3.63) is 10.7 Å². The van der Waals surface area contributed by atoms with Crippen LogP contribution in [0.5, 0.6) is 5.88 Å². The molecule has 0 amide bonds. The van der Waals surface area contributed by atoms with Crippen molar-refractivity contribution in [3.8, 4) is 5.88 Å². The number of guanidine groups is 1. The van der Waals surface area contributed by atoms with E-state index in [1.807, 2.05) is 11.8 Å². The predicted molar refractivity (Wildman–Crippen MR) is 104 cm³/mol. The van der Waals surface area contributed by atoms with Gasteiger partial charge in [0, 0.05) is 38.5 Å². The summed E-state index contributed by atoms with van der Waals surface area (Å²) in [6.45, 7) is 7.33. The van der Waals surface area contributed by atoms with E-state index in [0.29, 0.717) is 11.8 Å². The second-order valence-electron chi connectivity index (χ2n) is 5.23. The summed E-state index contributed by atoms with van der Waals surface area (Å²) in [5.41, 5.74) is 0. The standard InChI is InChI=1S/C15H25BrN6OS/c1-4-17-14(18-5-10-24-3)21-6-8-22(9-7-21)15-19-11-12(16)13(20-15)23-2/h11H,4-10H2,1-3H3,(H,17,18). The van der Waals surface area contributed by atoms with Crippen LogP contribution in [-0.2, 0) is 0 Å². The number of nitrogens with one attached hydrogen (secondary N) is 1. The lowest BCUT2D eigenvalue weighted by atomic mass is 10.3. The summed E-state index contributed by atoms with van der Waals surface area (Å²) >= 11 is 5.20. The highest BCUT2D eigenvalue weighted by molar-refractivity contribution is 9.10. The molecule has 7 nitrogen and oxygen atoms in total. The van der Waals surface area contributed by atoms with Crippen molar-refractivity contribution < 1.29 is 4.74 Å². The Morgan fingerprint density at radius 1 is 1.42 bits per heavy atom. The Morgan fingerprint density at radius 3 is 2.79 bits per heavy atom. The van der Waals surface area contributed by atoms with Crippen LogP contribution >= 0.6 is 27.7 Å². The number of hydrogen-bond donors (Lipinski definition) is 1. The van der Waals surface area contributed by atoms with Crippen LogP contribution in [0.15, 0.2) is 15.7 Å². The monoisotopic (exact) mass is 416 g/mol. The molecule has 1 saturated heterocycles. The number of methoxy groups -OCH3 is 1. The molecule has 9 heteroatoms. The minimum Gasteiger partial charge on any atom is -0.480 e. The molecule has 1 fully saturated rings. The van der Waals surface area contributed by atoms with Gasteiger partial charge in [0.2, 0.25) is 11.8 Å². The van der Waals surface area contributed by atoms with Crippen LogP contribution in [0.4, 0.5) is 5.95 Å². The average molecular weight is 417 g/mol. The van der Waals surface area contributed by atoms with Gasteiger partial charge in [-0.15, -0.1) is 0 Å². The lowest BCUT2D eigenvalue weighted by Crippen LogP contribution is -2.53. The maximum Gasteiger partial charge on any atom is 0.232 e. The SMILES string of the molecule is CCNC(=NCCSC)N1CCN(c2ncc(Br)c(OC)n2)CC1. The summed E-state index contributed by atoms with van der Waals surface area (Å²) in [7, 11) is 1.61. The van der Waals surface area contributed by atoms with E-state index in [1.165, 1.54) is 0 Å². The number of rotatable bonds is 6. The highest BCUT2D eigenvalue weighted by Gasteiger charge is 2.22. The Morgan fingerprint density at radius 2 is 2.17 bits per heavy atom. The van der Waals surface area contributed by atoms with Gasteiger partial charge in [0.15, 0.2) is 5.96 Å². The molecule has 0 saturated carbocycles. The van der Waals surface area contributed by atoms with Crippen LogP contribution in [0.25, 0.3) is 0 Å². The summed E-state index contributed by atoms with van der Waals surface area (Å²) in [5.74, 6) is 3.32. The second kappa shape index (κ2) is 9.93. The van der Waals surface area contributed by atoms with Crippen molar-refractivity contribution in [2.24, 2.45) is 4.99 Å². The van der Waals surface area contributed by atoms with E-state index in [9.17, 15) is 0 Å². The van der Waals surface area contributed by atoms with E-state index in [1.54, 1.807) is 13.3 Å². The van der Waals surface area contributed by atoms with E-state index in [4.69, 9.17) is 9.73 Å². The first-order valence-corrected chi connectivity index (χ1v) is 10.2. The van der Waals surface area contributed by atoms with Crippen LogP contribution in [-0.4, -0.2) is 79.2 Å². The summed E-state index contributed by atoms with van der Waals surface area (Å²) in [4.78, 5) is 18.0. The number of nitrogens with zero attached hydrogens (tertiary/aromatic N) is 5. The van der Waals surface area contributed by atoms with Crippen LogP contribution in [0, 0.1) is 0 Å². The maximum absolute atomic E-state index is 5.26. The molecule has 2 heterocycles. The number of aliphatic imine (C=N–C) groups is 1. The highest BCUT2D eigenvalue weighted by Crippen LogP contribution is 2.23. The molecule has 0 bridgehead atoms. The molecular formula is C15H25BrN6OS. The maximum atomic E-state index is 5.26. The molecule has 2 rings (SSSR count). The lowest BCUT2D eigenvalue weighted by molar-refractivity contribution is 0.366. The molecule has 1 aromatic heterocycles. The van der Waals surface area contributed by atoms with Crippen molar-refractivity contribution in [1.82, 2.24) is 20.2 Å². The largest absolute Gasteiger partial charge is 0.480 e. The summed E-state index contributed by atoms with van der Waals surface area (Å²) in [6, 6.07) is 0. The molecule has 1 aliphatic rings. The Balaban J connectivity index is 1.97. The number of halogens is 1. The molecule has 1 N–H and O–H groups in total. The number of ether oxygens (including phenoxy) is 1. The van der Waals surface area contributed by atoms with E-state index in [2.05, 4.69) is 54.2 Å². The van der Waals surface area contributed by atoms with Crippen molar-refractivity contribution in [3.63, 3.8) is 0 Å². The molecule has 0 atom stereocenters. The number of aromatic nitrogens is 2. The molecule has 134 valence electrons. The molecule has 0 aromatic carbocycles. The molecule has 0 spiro atoms. The van der Waals surface area contributed by atoms with Gasteiger partial charge < -0.3 is 19.9 Å². The third-order valence-electron chi connectivity index (χ3n) is 3.65. The lowest BCUT2D eigenvalue weighted by Gasteiger charge is -2.36. The van der Waals surface area contributed by atoms with Crippen LogP contribution in [0.1, 0.15) is 6.92 Å². The fourth-order valence-electron chi connectivity index (χ4n) is 2.43. The number of anilines is 1. The van der Waals surface area contributed by atoms with E-state index < -0.39 is 0 Å². The quantitative estimate of drug-likeness (QED) is 0.429. The molecule has 1 aliphatic heterocycles. The van der Waals surface area contributed by atoms with Gasteiger partial charge in [-0.1, -0.05) is 0 Å².